The van der Waals surface area contributed by atoms with Crippen LogP contribution in [0.2, 0.25) is 5.02 Å². The predicted octanol–water partition coefficient (Wildman–Crippen LogP) is 5.88. The molecule has 0 saturated carbocycles. The van der Waals surface area contributed by atoms with E-state index in [0.717, 1.165) is 34.8 Å². The standard InChI is InChI=1S/C28H25ClF3N9O/c29-22-16-35-26-37-21-11-17(13-33-15-21)1-2-18-12-20(36-25(22)39-26)4-5-23(18)38-27(42)41-9-7-40(8-10-41)24-6-3-19(14-34-24)28(30,31)32/h3-6,11-16H,1-2,7-10H2,(H,38,42)(H2,35,36,37,39). The number of rotatable bonds is 2. The molecule has 2 aliphatic rings. The lowest BCUT2D eigenvalue weighted by molar-refractivity contribution is -0.137. The van der Waals surface area contributed by atoms with Crippen molar-refractivity contribution in [3.8, 4) is 0 Å². The van der Waals surface area contributed by atoms with E-state index in [1.807, 2.05) is 29.2 Å². The molecule has 3 N–H and O–H groups in total. The van der Waals surface area contributed by atoms with Crippen LogP contribution in [0.4, 0.5) is 52.6 Å². The van der Waals surface area contributed by atoms with Gasteiger partial charge < -0.3 is 25.8 Å². The van der Waals surface area contributed by atoms with E-state index in [-0.39, 0.29) is 6.03 Å². The van der Waals surface area contributed by atoms with Crippen molar-refractivity contribution in [1.82, 2.24) is 24.8 Å². The number of carbonyl (C=O) groups is 1. The molecule has 6 bridgehead atoms. The maximum Gasteiger partial charge on any atom is 0.417 e. The number of carbonyl (C=O) groups excluding carboxylic acids is 1. The molecule has 42 heavy (non-hydrogen) atoms. The summed E-state index contributed by atoms with van der Waals surface area (Å²) in [7, 11) is 0. The van der Waals surface area contributed by atoms with Gasteiger partial charge in [0.25, 0.3) is 0 Å². The summed E-state index contributed by atoms with van der Waals surface area (Å²) in [5.41, 5.74) is 3.27. The Balaban J connectivity index is 1.17. The number of urea groups is 1. The zero-order valence-electron chi connectivity index (χ0n) is 22.1. The van der Waals surface area contributed by atoms with Gasteiger partial charge in [0.1, 0.15) is 10.8 Å². The van der Waals surface area contributed by atoms with Gasteiger partial charge in [-0.25, -0.2) is 14.8 Å². The van der Waals surface area contributed by atoms with Crippen LogP contribution in [0.1, 0.15) is 16.7 Å². The molecule has 3 aromatic heterocycles. The number of hydrogen-bond acceptors (Lipinski definition) is 8. The van der Waals surface area contributed by atoms with Crippen LogP contribution in [0, 0.1) is 0 Å². The molecule has 0 radical (unpaired) electrons. The van der Waals surface area contributed by atoms with Gasteiger partial charge in [0.2, 0.25) is 5.95 Å². The molecule has 0 spiro atoms. The van der Waals surface area contributed by atoms with Gasteiger partial charge in [0.15, 0.2) is 5.82 Å². The number of benzene rings is 1. The molecule has 6 rings (SSSR count). The molecule has 1 fully saturated rings. The van der Waals surface area contributed by atoms with Gasteiger partial charge >= 0.3 is 12.2 Å². The fraction of sp³-hybridized carbons (Fsp3) is 0.250. The normalized spacial score (nSPS) is 15.0. The van der Waals surface area contributed by atoms with Crippen LogP contribution in [0.25, 0.3) is 0 Å². The number of aromatic nitrogens is 4. The van der Waals surface area contributed by atoms with Crippen molar-refractivity contribution < 1.29 is 18.0 Å². The summed E-state index contributed by atoms with van der Waals surface area (Å²) in [5, 5.41) is 9.79. The lowest BCUT2D eigenvalue weighted by Gasteiger charge is -2.35. The quantitative estimate of drug-likeness (QED) is 0.264. The van der Waals surface area contributed by atoms with Crippen molar-refractivity contribution >= 4 is 52.3 Å². The van der Waals surface area contributed by atoms with Crippen molar-refractivity contribution in [2.75, 3.05) is 47.0 Å². The number of fused-ring (bicyclic) bond motifs is 6. The smallest absolute Gasteiger partial charge is 0.353 e. The Labute approximate surface area is 244 Å². The third-order valence-electron chi connectivity index (χ3n) is 7.05. The maximum absolute atomic E-state index is 13.3. The first-order valence-electron chi connectivity index (χ1n) is 13.2. The van der Waals surface area contributed by atoms with Crippen molar-refractivity contribution in [3.63, 3.8) is 0 Å². The van der Waals surface area contributed by atoms with Gasteiger partial charge in [-0.2, -0.15) is 18.2 Å². The van der Waals surface area contributed by atoms with Crippen molar-refractivity contribution in [2.45, 2.75) is 19.0 Å². The van der Waals surface area contributed by atoms with Crippen LogP contribution in [0.3, 0.4) is 0 Å². The Morgan fingerprint density at radius 1 is 0.905 bits per heavy atom. The number of alkyl halides is 3. The minimum atomic E-state index is -4.44. The first-order chi connectivity index (χ1) is 20.2. The van der Waals surface area contributed by atoms with Crippen molar-refractivity contribution in [1.29, 1.82) is 0 Å². The molecule has 10 nitrogen and oxygen atoms in total. The zero-order valence-corrected chi connectivity index (χ0v) is 22.9. The SMILES string of the molecule is O=C(Nc1ccc2cc1CCc1cncc(c1)Nc1ncc(Cl)c(n1)N2)N1CCN(c2ccc(C(F)(F)F)cn2)CC1. The summed E-state index contributed by atoms with van der Waals surface area (Å²) in [5.74, 6) is 1.25. The molecule has 2 aliphatic heterocycles. The minimum absolute atomic E-state index is 0.258. The molecule has 14 heteroatoms. The van der Waals surface area contributed by atoms with Gasteiger partial charge in [-0.3, -0.25) is 4.98 Å². The van der Waals surface area contributed by atoms with Crippen molar-refractivity contribution in [3.05, 3.63) is 82.9 Å². The minimum Gasteiger partial charge on any atom is -0.353 e. The number of amides is 2. The molecule has 0 atom stereocenters. The van der Waals surface area contributed by atoms with Crippen LogP contribution in [0.15, 0.2) is 61.2 Å². The molecule has 2 amide bonds. The topological polar surface area (TPSA) is 111 Å². The van der Waals surface area contributed by atoms with E-state index >= 15 is 0 Å². The van der Waals surface area contributed by atoms with Gasteiger partial charge in [0, 0.05) is 49.9 Å². The van der Waals surface area contributed by atoms with Gasteiger partial charge in [-0.05, 0) is 60.4 Å². The number of nitrogens with one attached hydrogen (secondary N) is 3. The summed E-state index contributed by atoms with van der Waals surface area (Å²) >= 11 is 6.35. The third-order valence-corrected chi connectivity index (χ3v) is 7.33. The molecule has 0 unspecified atom stereocenters. The summed E-state index contributed by atoms with van der Waals surface area (Å²) in [6.07, 6.45) is 2.69. The summed E-state index contributed by atoms with van der Waals surface area (Å²) in [6, 6.07) is 9.71. The van der Waals surface area contributed by atoms with E-state index in [0.29, 0.717) is 67.3 Å². The van der Waals surface area contributed by atoms with Gasteiger partial charge in [0.05, 0.1) is 23.6 Å². The number of nitrogens with zero attached hydrogens (tertiary/aromatic N) is 6. The van der Waals surface area contributed by atoms with Crippen LogP contribution >= 0.6 is 11.6 Å². The Bertz CT molecular complexity index is 1610. The first kappa shape index (κ1) is 27.5. The average molecular weight is 596 g/mol. The number of piperazine rings is 1. The number of aryl methyl sites for hydroxylation is 2. The second-order valence-electron chi connectivity index (χ2n) is 9.90. The lowest BCUT2D eigenvalue weighted by Crippen LogP contribution is -2.50. The maximum atomic E-state index is 13.3. The summed E-state index contributed by atoms with van der Waals surface area (Å²) in [4.78, 5) is 33.8. The molecular formula is C28H25ClF3N9O. The van der Waals surface area contributed by atoms with E-state index < -0.39 is 11.7 Å². The van der Waals surface area contributed by atoms with Crippen LogP contribution in [-0.2, 0) is 19.0 Å². The van der Waals surface area contributed by atoms with E-state index in [4.69, 9.17) is 11.6 Å². The highest BCUT2D eigenvalue weighted by Crippen LogP contribution is 2.31. The Kier molecular flexibility index (Phi) is 7.42. The molecule has 0 aliphatic carbocycles. The fourth-order valence-electron chi connectivity index (χ4n) is 4.83. The van der Waals surface area contributed by atoms with Crippen LogP contribution in [0.5, 0.6) is 0 Å². The Hall–Kier alpha value is -4.65. The lowest BCUT2D eigenvalue weighted by atomic mass is 10.0. The number of halogens is 4. The fourth-order valence-corrected chi connectivity index (χ4v) is 4.96. The second kappa shape index (κ2) is 11.3. The predicted molar refractivity (Wildman–Crippen MR) is 154 cm³/mol. The highest BCUT2D eigenvalue weighted by atomic mass is 35.5. The van der Waals surface area contributed by atoms with Crippen molar-refractivity contribution in [2.24, 2.45) is 0 Å². The number of pyridine rings is 2. The zero-order chi connectivity index (χ0) is 29.3. The van der Waals surface area contributed by atoms with Gasteiger partial charge in [-0.15, -0.1) is 0 Å². The second-order valence-corrected chi connectivity index (χ2v) is 10.3. The van der Waals surface area contributed by atoms with E-state index in [9.17, 15) is 18.0 Å². The average Bonchev–Trinajstić information content (AvgIpc) is 2.99. The highest BCUT2D eigenvalue weighted by molar-refractivity contribution is 6.32. The van der Waals surface area contributed by atoms with E-state index in [1.165, 1.54) is 12.3 Å². The first-order valence-corrected chi connectivity index (χ1v) is 13.6. The van der Waals surface area contributed by atoms with E-state index in [2.05, 4.69) is 35.9 Å². The Morgan fingerprint density at radius 2 is 1.74 bits per heavy atom. The van der Waals surface area contributed by atoms with Crippen LogP contribution < -0.4 is 20.9 Å². The van der Waals surface area contributed by atoms with Crippen LogP contribution in [-0.4, -0.2) is 57.0 Å². The highest BCUT2D eigenvalue weighted by Gasteiger charge is 2.31. The molecule has 5 heterocycles. The number of hydrogen-bond donors (Lipinski definition) is 3. The molecule has 1 aromatic carbocycles. The molecule has 1 saturated heterocycles. The largest absolute Gasteiger partial charge is 0.417 e. The summed E-state index contributed by atoms with van der Waals surface area (Å²) < 4.78 is 38.6. The van der Waals surface area contributed by atoms with Gasteiger partial charge in [-0.1, -0.05) is 11.6 Å². The Morgan fingerprint density at radius 3 is 2.50 bits per heavy atom. The molecular weight excluding hydrogens is 571 g/mol. The third kappa shape index (κ3) is 6.15. The number of anilines is 6. The monoisotopic (exact) mass is 595 g/mol. The summed E-state index contributed by atoms with van der Waals surface area (Å²) in [6.45, 7) is 1.67. The molecule has 216 valence electrons. The molecule has 4 aromatic rings. The van der Waals surface area contributed by atoms with E-state index in [1.54, 1.807) is 17.3 Å².